The Labute approximate surface area is 324 Å². The third-order valence-corrected chi connectivity index (χ3v) is 10.0. The van der Waals surface area contributed by atoms with Gasteiger partial charge in [-0.1, -0.05) is 72.8 Å². The number of halogens is 2. The molecule has 0 aliphatic heterocycles. The molecule has 1 aliphatic carbocycles. The van der Waals surface area contributed by atoms with Crippen LogP contribution in [0.4, 0.5) is 5.69 Å². The number of aromatic nitrogens is 1. The molecule has 6 atom stereocenters. The van der Waals surface area contributed by atoms with Crippen molar-refractivity contribution in [3.8, 4) is 0 Å². The van der Waals surface area contributed by atoms with Gasteiger partial charge < -0.3 is 31.1 Å². The molecule has 0 bridgehead atoms. The predicted molar refractivity (Wildman–Crippen MR) is 214 cm³/mol. The number of amides is 1. The maximum Gasteiger partial charge on any atom is 0.306 e. The number of rotatable bonds is 18. The van der Waals surface area contributed by atoms with Gasteiger partial charge in [-0.15, -0.1) is 24.8 Å². The second-order valence-electron chi connectivity index (χ2n) is 13.7. The number of hydrogen-bond donors (Lipinski definition) is 5. The lowest BCUT2D eigenvalue weighted by Crippen LogP contribution is -2.27. The maximum atomic E-state index is 13.1. The van der Waals surface area contributed by atoms with Crippen LogP contribution in [0, 0.1) is 11.8 Å². The fourth-order valence-corrected chi connectivity index (χ4v) is 7.02. The standard InChI is InChI=1S/C42H51N3O6.2ClH/c43-26-38(42(50)45-34-18-17-33-27-44-23-22-32(33)24-34)31-15-12-30(13-16-31)28-51-41(49)11-7-2-1-6-10-36-37(40(48)25-39(36)47)21-20-35(46)19-14-29-8-4-3-5-9-29;;/h1,3-6,8-9,12-13,15-18,22-24,27,35-40,46-48H,2,7,10-11,14,19-21,25-26,28,43H2,(H,45,50);2*1H/t35?,36-,37-,38?,39+,40-;;/m1../s1. The minimum atomic E-state index is -0.563. The van der Waals surface area contributed by atoms with Crippen LogP contribution in [0.5, 0.6) is 0 Å². The molecular weight excluding hydrogens is 713 g/mol. The van der Waals surface area contributed by atoms with Crippen molar-refractivity contribution in [2.75, 3.05) is 11.9 Å². The number of aliphatic hydroxyl groups is 3. The number of fused-ring (bicyclic) bond motifs is 1. The molecule has 1 heterocycles. The number of nitrogens with zero attached hydrogens (tertiary/aromatic N) is 1. The van der Waals surface area contributed by atoms with Crippen LogP contribution >= 0.6 is 24.8 Å². The number of hydrogen-bond acceptors (Lipinski definition) is 8. The van der Waals surface area contributed by atoms with Gasteiger partial charge in [0.15, 0.2) is 0 Å². The number of ether oxygens (including phenoxy) is 1. The quantitative estimate of drug-likeness (QED) is 0.0410. The van der Waals surface area contributed by atoms with Crippen molar-refractivity contribution in [2.45, 2.75) is 88.6 Å². The predicted octanol–water partition coefficient (Wildman–Crippen LogP) is 7.05. The zero-order valence-corrected chi connectivity index (χ0v) is 31.6. The van der Waals surface area contributed by atoms with E-state index >= 15 is 0 Å². The third-order valence-electron chi connectivity index (χ3n) is 10.0. The Morgan fingerprint density at radius 2 is 1.66 bits per heavy atom. The van der Waals surface area contributed by atoms with Crippen LogP contribution < -0.4 is 11.1 Å². The Morgan fingerprint density at radius 3 is 2.42 bits per heavy atom. The molecule has 2 unspecified atom stereocenters. The van der Waals surface area contributed by atoms with E-state index < -0.39 is 24.2 Å². The van der Waals surface area contributed by atoms with E-state index in [0.29, 0.717) is 50.6 Å². The Kier molecular flexibility index (Phi) is 18.4. The highest BCUT2D eigenvalue weighted by molar-refractivity contribution is 5.98. The molecule has 1 aromatic heterocycles. The largest absolute Gasteiger partial charge is 0.461 e. The maximum absolute atomic E-state index is 13.1. The molecule has 11 heteroatoms. The van der Waals surface area contributed by atoms with Crippen LogP contribution in [0.2, 0.25) is 0 Å². The number of aliphatic hydroxyl groups excluding tert-OH is 3. The van der Waals surface area contributed by atoms with Crippen molar-refractivity contribution in [1.29, 1.82) is 0 Å². The number of nitrogens with one attached hydrogen (secondary N) is 1. The van der Waals surface area contributed by atoms with Gasteiger partial charge in [0.2, 0.25) is 5.91 Å². The minimum Gasteiger partial charge on any atom is -0.461 e. The zero-order valence-electron chi connectivity index (χ0n) is 30.0. The van der Waals surface area contributed by atoms with Crippen LogP contribution in [-0.2, 0) is 27.4 Å². The zero-order chi connectivity index (χ0) is 36.0. The van der Waals surface area contributed by atoms with Crippen LogP contribution in [0.3, 0.4) is 0 Å². The number of unbranched alkanes of at least 4 members (excludes halogenated alkanes) is 1. The molecular formula is C42H53Cl2N3O6. The van der Waals surface area contributed by atoms with Gasteiger partial charge in [0, 0.05) is 36.4 Å². The van der Waals surface area contributed by atoms with Crippen molar-refractivity contribution in [3.05, 3.63) is 120 Å². The number of carbonyl (C=O) groups is 2. The van der Waals surface area contributed by atoms with E-state index in [1.165, 1.54) is 5.56 Å². The van der Waals surface area contributed by atoms with E-state index in [1.807, 2.05) is 78.9 Å². The number of benzene rings is 3. The summed E-state index contributed by atoms with van der Waals surface area (Å²) in [7, 11) is 0. The first-order valence-electron chi connectivity index (χ1n) is 18.1. The second-order valence-corrected chi connectivity index (χ2v) is 13.7. The average molecular weight is 767 g/mol. The van der Waals surface area contributed by atoms with E-state index in [0.717, 1.165) is 28.3 Å². The molecule has 6 N–H and O–H groups in total. The summed E-state index contributed by atoms with van der Waals surface area (Å²) in [6.07, 6.45) is 11.4. The van der Waals surface area contributed by atoms with Gasteiger partial charge >= 0.3 is 5.97 Å². The lowest BCUT2D eigenvalue weighted by molar-refractivity contribution is -0.145. The van der Waals surface area contributed by atoms with Crippen molar-refractivity contribution in [3.63, 3.8) is 0 Å². The Bertz CT molecular complexity index is 1730. The normalized spacial score (nSPS) is 19.2. The molecule has 1 saturated carbocycles. The summed E-state index contributed by atoms with van der Waals surface area (Å²) < 4.78 is 5.48. The molecule has 1 aliphatic rings. The molecule has 53 heavy (non-hydrogen) atoms. The average Bonchev–Trinajstić information content (AvgIpc) is 3.42. The molecule has 0 spiro atoms. The van der Waals surface area contributed by atoms with E-state index in [-0.39, 0.29) is 68.1 Å². The van der Waals surface area contributed by atoms with Crippen molar-refractivity contribution in [1.82, 2.24) is 4.98 Å². The molecule has 1 fully saturated rings. The van der Waals surface area contributed by atoms with Crippen LogP contribution in [-0.4, -0.2) is 57.0 Å². The summed E-state index contributed by atoms with van der Waals surface area (Å²) in [5.74, 6) is -1.10. The molecule has 4 aromatic rings. The number of anilines is 1. The molecule has 9 nitrogen and oxygen atoms in total. The third kappa shape index (κ3) is 13.2. The molecule has 5 rings (SSSR count). The van der Waals surface area contributed by atoms with Gasteiger partial charge in [-0.05, 0) is 103 Å². The summed E-state index contributed by atoms with van der Waals surface area (Å²) in [6, 6.07) is 25.0. The Morgan fingerprint density at radius 1 is 0.906 bits per heavy atom. The van der Waals surface area contributed by atoms with E-state index in [2.05, 4.69) is 22.4 Å². The lowest BCUT2D eigenvalue weighted by atomic mass is 9.85. The highest BCUT2D eigenvalue weighted by atomic mass is 35.5. The first-order chi connectivity index (χ1) is 24.8. The summed E-state index contributed by atoms with van der Waals surface area (Å²) in [6.45, 7) is 0.292. The number of esters is 1. The Hall–Kier alpha value is -3.83. The monoisotopic (exact) mass is 765 g/mol. The van der Waals surface area contributed by atoms with E-state index in [9.17, 15) is 24.9 Å². The summed E-state index contributed by atoms with van der Waals surface area (Å²) in [5, 5.41) is 36.7. The fraction of sp³-hybridized carbons (Fsp3) is 0.405. The van der Waals surface area contributed by atoms with Crippen molar-refractivity contribution in [2.24, 2.45) is 17.6 Å². The van der Waals surface area contributed by atoms with Gasteiger partial charge in [-0.3, -0.25) is 14.6 Å². The smallest absolute Gasteiger partial charge is 0.306 e. The molecule has 0 radical (unpaired) electrons. The van der Waals surface area contributed by atoms with Gasteiger partial charge in [0.1, 0.15) is 6.61 Å². The Balaban J connectivity index is 0.00000378. The van der Waals surface area contributed by atoms with Gasteiger partial charge in [-0.2, -0.15) is 0 Å². The van der Waals surface area contributed by atoms with E-state index in [4.69, 9.17) is 10.5 Å². The highest BCUT2D eigenvalue weighted by Gasteiger charge is 2.40. The lowest BCUT2D eigenvalue weighted by Gasteiger charge is -2.23. The second kappa shape index (κ2) is 22.4. The first kappa shape index (κ1) is 43.6. The highest BCUT2D eigenvalue weighted by Crippen LogP contribution is 2.38. The van der Waals surface area contributed by atoms with Crippen LogP contribution in [0.15, 0.2) is 103 Å². The van der Waals surface area contributed by atoms with E-state index in [1.54, 1.807) is 12.4 Å². The molecule has 1 amide bonds. The molecule has 3 aromatic carbocycles. The number of aryl methyl sites for hydroxylation is 1. The van der Waals surface area contributed by atoms with Gasteiger partial charge in [-0.25, -0.2) is 0 Å². The summed E-state index contributed by atoms with van der Waals surface area (Å²) in [5.41, 5.74) is 9.48. The van der Waals surface area contributed by atoms with Gasteiger partial charge in [0.25, 0.3) is 0 Å². The number of nitrogens with two attached hydrogens (primary N) is 1. The molecule has 0 saturated heterocycles. The van der Waals surface area contributed by atoms with Crippen molar-refractivity contribution >= 4 is 53.2 Å². The van der Waals surface area contributed by atoms with Crippen LogP contribution in [0.25, 0.3) is 10.8 Å². The summed E-state index contributed by atoms with van der Waals surface area (Å²) >= 11 is 0. The topological polar surface area (TPSA) is 155 Å². The first-order valence-corrected chi connectivity index (χ1v) is 18.1. The number of pyridine rings is 1. The summed E-state index contributed by atoms with van der Waals surface area (Å²) in [4.78, 5) is 29.6. The fourth-order valence-electron chi connectivity index (χ4n) is 7.02. The number of carbonyl (C=O) groups excluding carboxylic acids is 2. The SMILES string of the molecule is Cl.Cl.NCC(C(=O)Nc1ccc2cnccc2c1)c1ccc(COC(=O)CCCC=CC[C@@H]2[C@@H](CCC(O)CCc3ccccc3)[C@H](O)C[C@@H]2O)cc1. The number of allylic oxidation sites excluding steroid dienone is 2. The van der Waals surface area contributed by atoms with Crippen LogP contribution in [0.1, 0.15) is 74.0 Å². The van der Waals surface area contributed by atoms with Gasteiger partial charge in [0.05, 0.1) is 24.2 Å². The van der Waals surface area contributed by atoms with Crippen molar-refractivity contribution < 1.29 is 29.6 Å². The molecule has 286 valence electrons. The minimum absolute atomic E-state index is 0.